The highest BCUT2D eigenvalue weighted by atomic mass is 35.5. The average Bonchev–Trinajstić information content (AvgIpc) is 3.29. The van der Waals surface area contributed by atoms with Gasteiger partial charge in [-0.15, -0.1) is 17.5 Å². The van der Waals surface area contributed by atoms with Crippen molar-refractivity contribution in [3.8, 4) is 0 Å². The van der Waals surface area contributed by atoms with Crippen LogP contribution in [0.4, 0.5) is 0 Å². The Bertz CT molecular complexity index is 485. The molecule has 2 saturated heterocycles. The maximum Gasteiger partial charge on any atom is 0.168 e. The molecule has 0 amide bonds. The summed E-state index contributed by atoms with van der Waals surface area (Å²) >= 11 is 0. The minimum atomic E-state index is 0. The second-order valence-corrected chi connectivity index (χ2v) is 6.98. The number of hydrogen-bond donors (Lipinski definition) is 0. The number of tetrazole rings is 1. The van der Waals surface area contributed by atoms with Crippen LogP contribution in [-0.2, 0) is 11.3 Å². The number of hydrogen-bond acceptors (Lipinski definition) is 6. The van der Waals surface area contributed by atoms with Crippen LogP contribution in [-0.4, -0.2) is 75.4 Å². The summed E-state index contributed by atoms with van der Waals surface area (Å²) in [4.78, 5) is 5.10. The molecule has 0 saturated carbocycles. The Kier molecular flexibility index (Phi) is 8.55. The van der Waals surface area contributed by atoms with Gasteiger partial charge < -0.3 is 9.64 Å². The Balaban J connectivity index is 0.00000225. The van der Waals surface area contributed by atoms with E-state index in [4.69, 9.17) is 4.74 Å². The van der Waals surface area contributed by atoms with E-state index in [1.54, 1.807) is 0 Å². The van der Waals surface area contributed by atoms with E-state index in [-0.39, 0.29) is 18.5 Å². The molecule has 144 valence electrons. The normalized spacial score (nSPS) is 23.5. The van der Waals surface area contributed by atoms with Crippen LogP contribution in [0.3, 0.4) is 0 Å². The molecule has 7 nitrogen and oxygen atoms in total. The summed E-state index contributed by atoms with van der Waals surface area (Å²) < 4.78 is 7.78. The molecule has 0 bridgehead atoms. The fraction of sp³-hybridized carbons (Fsp3) is 0.941. The zero-order valence-electron chi connectivity index (χ0n) is 15.6. The highest BCUT2D eigenvalue weighted by Crippen LogP contribution is 2.26. The van der Waals surface area contributed by atoms with Gasteiger partial charge >= 0.3 is 0 Å². The van der Waals surface area contributed by atoms with Gasteiger partial charge in [-0.2, -0.15) is 0 Å². The lowest BCUT2D eigenvalue weighted by molar-refractivity contribution is 0.0770. The Morgan fingerprint density at radius 2 is 2.00 bits per heavy atom. The molecule has 8 heteroatoms. The fourth-order valence-corrected chi connectivity index (χ4v) is 3.83. The summed E-state index contributed by atoms with van der Waals surface area (Å²) in [5, 5.41) is 12.7. The third kappa shape index (κ3) is 5.36. The molecule has 3 heterocycles. The molecule has 0 spiro atoms. The molecule has 2 fully saturated rings. The van der Waals surface area contributed by atoms with E-state index in [1.807, 2.05) is 4.68 Å². The van der Waals surface area contributed by atoms with Crippen molar-refractivity contribution in [2.75, 3.05) is 39.3 Å². The molecule has 0 radical (unpaired) electrons. The lowest BCUT2D eigenvalue weighted by Gasteiger charge is -2.38. The standard InChI is InChI=1S/C17H32N6O.ClH/c1-3-5-8-16(22-11-9-21(4-2)10-12-22)17-18-19-20-23(17)14-15-7-6-13-24-15;/h15-16H,3-14H2,1-2H3;1H. The van der Waals surface area contributed by atoms with Crippen molar-refractivity contribution in [1.29, 1.82) is 0 Å². The zero-order valence-corrected chi connectivity index (χ0v) is 16.5. The van der Waals surface area contributed by atoms with E-state index >= 15 is 0 Å². The monoisotopic (exact) mass is 372 g/mol. The maximum absolute atomic E-state index is 5.78. The SMILES string of the molecule is CCCCC(c1nnnn1CC1CCCO1)N1CCN(CC)CC1.Cl. The Labute approximate surface area is 157 Å². The van der Waals surface area contributed by atoms with Crippen LogP contribution < -0.4 is 0 Å². The van der Waals surface area contributed by atoms with Gasteiger partial charge in [0, 0.05) is 32.8 Å². The van der Waals surface area contributed by atoms with E-state index in [0.717, 1.165) is 71.0 Å². The van der Waals surface area contributed by atoms with Gasteiger partial charge in [-0.05, 0) is 36.2 Å². The van der Waals surface area contributed by atoms with Gasteiger partial charge in [0.05, 0.1) is 18.7 Å². The summed E-state index contributed by atoms with van der Waals surface area (Å²) in [6.07, 6.45) is 6.10. The molecule has 2 atom stereocenters. The van der Waals surface area contributed by atoms with Crippen LogP contribution in [0.2, 0.25) is 0 Å². The third-order valence-corrected chi connectivity index (χ3v) is 5.38. The molecule has 1 aromatic heterocycles. The van der Waals surface area contributed by atoms with Crippen molar-refractivity contribution in [2.24, 2.45) is 0 Å². The molecule has 0 aromatic carbocycles. The van der Waals surface area contributed by atoms with Gasteiger partial charge in [-0.25, -0.2) is 4.68 Å². The topological polar surface area (TPSA) is 59.3 Å². The van der Waals surface area contributed by atoms with Crippen LogP contribution in [0.15, 0.2) is 0 Å². The molecule has 3 rings (SSSR count). The van der Waals surface area contributed by atoms with Crippen molar-refractivity contribution in [1.82, 2.24) is 30.0 Å². The smallest absolute Gasteiger partial charge is 0.168 e. The zero-order chi connectivity index (χ0) is 16.8. The number of nitrogens with zero attached hydrogens (tertiary/aromatic N) is 6. The lowest BCUT2D eigenvalue weighted by atomic mass is 10.1. The van der Waals surface area contributed by atoms with Gasteiger partial charge in [-0.1, -0.05) is 26.7 Å². The van der Waals surface area contributed by atoms with Crippen molar-refractivity contribution in [3.05, 3.63) is 5.82 Å². The van der Waals surface area contributed by atoms with Crippen LogP contribution in [0.1, 0.15) is 57.8 Å². The molecule has 2 aliphatic heterocycles. The summed E-state index contributed by atoms with van der Waals surface area (Å²) in [6.45, 7) is 11.8. The highest BCUT2D eigenvalue weighted by Gasteiger charge is 2.29. The quantitative estimate of drug-likeness (QED) is 0.696. The number of unbranched alkanes of at least 4 members (excludes halogenated alkanes) is 1. The Morgan fingerprint density at radius 3 is 2.64 bits per heavy atom. The summed E-state index contributed by atoms with van der Waals surface area (Å²) in [5.74, 6) is 1.03. The number of rotatable bonds is 8. The highest BCUT2D eigenvalue weighted by molar-refractivity contribution is 5.85. The lowest BCUT2D eigenvalue weighted by Crippen LogP contribution is -2.48. The van der Waals surface area contributed by atoms with E-state index < -0.39 is 0 Å². The number of piperazine rings is 1. The maximum atomic E-state index is 5.78. The van der Waals surface area contributed by atoms with Gasteiger partial charge in [-0.3, -0.25) is 4.90 Å². The third-order valence-electron chi connectivity index (χ3n) is 5.38. The van der Waals surface area contributed by atoms with Gasteiger partial charge in [0.25, 0.3) is 0 Å². The number of ether oxygens (including phenoxy) is 1. The molecule has 0 aliphatic carbocycles. The van der Waals surface area contributed by atoms with Gasteiger partial charge in [0.15, 0.2) is 5.82 Å². The van der Waals surface area contributed by atoms with E-state index in [0.29, 0.717) is 6.04 Å². The molecule has 25 heavy (non-hydrogen) atoms. The summed E-state index contributed by atoms with van der Waals surface area (Å²) in [5.41, 5.74) is 0. The first-order chi connectivity index (χ1) is 11.8. The number of halogens is 1. The molecular weight excluding hydrogens is 340 g/mol. The molecule has 2 aliphatic rings. The van der Waals surface area contributed by atoms with Crippen LogP contribution in [0.25, 0.3) is 0 Å². The summed E-state index contributed by atoms with van der Waals surface area (Å²) in [7, 11) is 0. The van der Waals surface area contributed by atoms with Crippen molar-refractivity contribution in [3.63, 3.8) is 0 Å². The first kappa shape index (κ1) is 20.6. The van der Waals surface area contributed by atoms with Gasteiger partial charge in [0.2, 0.25) is 0 Å². The van der Waals surface area contributed by atoms with Crippen LogP contribution in [0, 0.1) is 0 Å². The minimum Gasteiger partial charge on any atom is -0.376 e. The first-order valence-electron chi connectivity index (χ1n) is 9.65. The van der Waals surface area contributed by atoms with Crippen molar-refractivity contribution in [2.45, 2.75) is 64.6 Å². The van der Waals surface area contributed by atoms with E-state index in [1.165, 1.54) is 12.8 Å². The Morgan fingerprint density at radius 1 is 1.20 bits per heavy atom. The molecular formula is C17H33ClN6O. The van der Waals surface area contributed by atoms with Crippen molar-refractivity contribution < 1.29 is 4.74 Å². The average molecular weight is 373 g/mol. The van der Waals surface area contributed by atoms with Crippen LogP contribution >= 0.6 is 12.4 Å². The molecule has 2 unspecified atom stereocenters. The predicted octanol–water partition coefficient (Wildman–Crippen LogP) is 2.14. The van der Waals surface area contributed by atoms with Crippen LogP contribution in [0.5, 0.6) is 0 Å². The van der Waals surface area contributed by atoms with Gasteiger partial charge in [0.1, 0.15) is 0 Å². The van der Waals surface area contributed by atoms with E-state index in [9.17, 15) is 0 Å². The van der Waals surface area contributed by atoms with Crippen molar-refractivity contribution >= 4 is 12.4 Å². The fourth-order valence-electron chi connectivity index (χ4n) is 3.83. The van der Waals surface area contributed by atoms with E-state index in [2.05, 4.69) is 39.2 Å². The summed E-state index contributed by atoms with van der Waals surface area (Å²) in [6, 6.07) is 0.334. The molecule has 0 N–H and O–H groups in total. The molecule has 1 aromatic rings. The largest absolute Gasteiger partial charge is 0.376 e. The second-order valence-electron chi connectivity index (χ2n) is 6.98. The first-order valence-corrected chi connectivity index (χ1v) is 9.65. The number of likely N-dealkylation sites (N-methyl/N-ethyl adjacent to an activating group) is 1. The minimum absolute atomic E-state index is 0. The number of aromatic nitrogens is 4. The second kappa shape index (κ2) is 10.4. The Hall–Kier alpha value is -0.760. The predicted molar refractivity (Wildman–Crippen MR) is 100.0 cm³/mol.